The van der Waals surface area contributed by atoms with Crippen LogP contribution in [-0.4, -0.2) is 16.1 Å². The maximum atomic E-state index is 12.3. The Labute approximate surface area is 159 Å². The topological polar surface area (TPSA) is 65.2 Å². The molecule has 0 saturated carbocycles. The molecular weight excluding hydrogens is 360 g/mol. The lowest BCUT2D eigenvalue weighted by atomic mass is 10.2. The average Bonchev–Trinajstić information content (AvgIpc) is 3.39. The van der Waals surface area contributed by atoms with Crippen LogP contribution in [0.5, 0.6) is 5.75 Å². The minimum absolute atomic E-state index is 0.289. The van der Waals surface area contributed by atoms with Gasteiger partial charge in [-0.05, 0) is 47.9 Å². The van der Waals surface area contributed by atoms with Gasteiger partial charge in [-0.1, -0.05) is 41.6 Å². The van der Waals surface area contributed by atoms with Crippen LogP contribution >= 0.6 is 11.3 Å². The Morgan fingerprint density at radius 2 is 1.78 bits per heavy atom. The number of carbonyl (C=O) groups excluding carboxylic acids is 1. The zero-order valence-corrected chi connectivity index (χ0v) is 14.9. The van der Waals surface area contributed by atoms with Crippen LogP contribution in [0, 0.1) is 0 Å². The summed E-state index contributed by atoms with van der Waals surface area (Å²) < 4.78 is 10.9. The molecule has 0 aliphatic heterocycles. The summed E-state index contributed by atoms with van der Waals surface area (Å²) in [5, 5.41) is 5.96. The minimum atomic E-state index is -0.444. The summed E-state index contributed by atoms with van der Waals surface area (Å²) in [5.41, 5.74) is 1.03. The lowest BCUT2D eigenvalue weighted by Crippen LogP contribution is -2.08. The van der Waals surface area contributed by atoms with Gasteiger partial charge in [-0.25, -0.2) is 4.79 Å². The zero-order valence-electron chi connectivity index (χ0n) is 14.1. The molecule has 0 aliphatic carbocycles. The number of thiophene rings is 1. The Kier molecular flexibility index (Phi) is 4.89. The second-order valence-corrected chi connectivity index (χ2v) is 6.54. The Hall–Kier alpha value is -3.51. The van der Waals surface area contributed by atoms with Crippen molar-refractivity contribution < 1.29 is 14.1 Å². The van der Waals surface area contributed by atoms with Gasteiger partial charge in [0.1, 0.15) is 5.75 Å². The molecule has 0 amide bonds. The second kappa shape index (κ2) is 7.80. The normalized spacial score (nSPS) is 11.0. The van der Waals surface area contributed by atoms with E-state index in [1.165, 1.54) is 0 Å². The summed E-state index contributed by atoms with van der Waals surface area (Å²) >= 11 is 1.62. The van der Waals surface area contributed by atoms with Crippen LogP contribution in [0.15, 0.2) is 76.6 Å². The molecule has 0 spiro atoms. The van der Waals surface area contributed by atoms with Crippen molar-refractivity contribution in [2.75, 3.05) is 0 Å². The molecule has 0 fully saturated rings. The molecule has 2 aromatic heterocycles. The maximum absolute atomic E-state index is 12.3. The standard InChI is InChI=1S/C21H14N2O3S/c24-21(15-7-2-1-3-8-15)25-18-11-5-4-10-17(18)20-22-19(23-26-20)13-12-16-9-6-14-27-16/h1-14H/b13-12+. The molecule has 0 saturated heterocycles. The molecule has 2 aromatic carbocycles. The third-order valence-electron chi connectivity index (χ3n) is 3.71. The van der Waals surface area contributed by atoms with Crippen LogP contribution in [0.2, 0.25) is 0 Å². The molecule has 2 heterocycles. The third kappa shape index (κ3) is 4.02. The van der Waals surface area contributed by atoms with Gasteiger partial charge in [-0.15, -0.1) is 11.3 Å². The molecule has 0 radical (unpaired) electrons. The summed E-state index contributed by atoms with van der Waals surface area (Å²) in [6.07, 6.45) is 3.69. The third-order valence-corrected chi connectivity index (χ3v) is 4.55. The number of hydrogen-bond donors (Lipinski definition) is 0. The second-order valence-electron chi connectivity index (χ2n) is 5.56. The van der Waals surface area contributed by atoms with E-state index in [0.717, 1.165) is 4.88 Å². The molecule has 0 bridgehead atoms. The van der Waals surface area contributed by atoms with Crippen molar-refractivity contribution in [3.8, 4) is 17.2 Å². The van der Waals surface area contributed by atoms with Gasteiger partial charge in [-0.3, -0.25) is 0 Å². The Balaban J connectivity index is 1.57. The lowest BCUT2D eigenvalue weighted by molar-refractivity contribution is 0.0735. The number of ether oxygens (including phenoxy) is 1. The molecule has 5 nitrogen and oxygen atoms in total. The average molecular weight is 374 g/mol. The van der Waals surface area contributed by atoms with E-state index in [2.05, 4.69) is 10.1 Å². The Morgan fingerprint density at radius 3 is 2.59 bits per heavy atom. The van der Waals surface area contributed by atoms with Gasteiger partial charge in [-0.2, -0.15) is 4.98 Å². The first-order chi connectivity index (χ1) is 13.3. The first-order valence-corrected chi connectivity index (χ1v) is 9.09. The first kappa shape index (κ1) is 16.9. The molecule has 4 rings (SSSR count). The molecular formula is C21H14N2O3S. The Morgan fingerprint density at radius 1 is 0.963 bits per heavy atom. The molecule has 132 valence electrons. The molecule has 4 aromatic rings. The van der Waals surface area contributed by atoms with E-state index in [9.17, 15) is 4.79 Å². The van der Waals surface area contributed by atoms with Crippen molar-refractivity contribution in [1.82, 2.24) is 10.1 Å². The van der Waals surface area contributed by atoms with E-state index >= 15 is 0 Å². The van der Waals surface area contributed by atoms with Crippen molar-refractivity contribution in [3.63, 3.8) is 0 Å². The van der Waals surface area contributed by atoms with Gasteiger partial charge in [0.2, 0.25) is 0 Å². The fourth-order valence-electron chi connectivity index (χ4n) is 2.42. The molecule has 0 N–H and O–H groups in total. The highest BCUT2D eigenvalue weighted by Crippen LogP contribution is 2.29. The highest BCUT2D eigenvalue weighted by molar-refractivity contribution is 7.10. The number of rotatable bonds is 5. The van der Waals surface area contributed by atoms with Crippen LogP contribution in [-0.2, 0) is 0 Å². The van der Waals surface area contributed by atoms with Crippen molar-refractivity contribution >= 4 is 29.5 Å². The first-order valence-electron chi connectivity index (χ1n) is 8.21. The van der Waals surface area contributed by atoms with E-state index in [-0.39, 0.29) is 5.89 Å². The van der Waals surface area contributed by atoms with Crippen molar-refractivity contribution in [3.05, 3.63) is 88.4 Å². The monoisotopic (exact) mass is 374 g/mol. The summed E-state index contributed by atoms with van der Waals surface area (Å²) in [6.45, 7) is 0. The maximum Gasteiger partial charge on any atom is 0.343 e. The van der Waals surface area contributed by atoms with E-state index in [0.29, 0.717) is 22.7 Å². The van der Waals surface area contributed by atoms with Crippen molar-refractivity contribution in [2.24, 2.45) is 0 Å². The van der Waals surface area contributed by atoms with Crippen molar-refractivity contribution in [1.29, 1.82) is 0 Å². The van der Waals surface area contributed by atoms with E-state index < -0.39 is 5.97 Å². The summed E-state index contributed by atoms with van der Waals surface area (Å²) in [4.78, 5) is 17.8. The lowest BCUT2D eigenvalue weighted by Gasteiger charge is -2.07. The van der Waals surface area contributed by atoms with Crippen LogP contribution in [0.1, 0.15) is 21.1 Å². The molecule has 0 unspecified atom stereocenters. The number of carbonyl (C=O) groups is 1. The molecule has 0 atom stereocenters. The summed E-state index contributed by atoms with van der Waals surface area (Å²) in [6, 6.07) is 19.9. The zero-order chi connectivity index (χ0) is 18.5. The minimum Gasteiger partial charge on any atom is -0.422 e. The fraction of sp³-hybridized carbons (Fsp3) is 0. The number of aromatic nitrogens is 2. The van der Waals surface area contributed by atoms with Gasteiger partial charge in [0, 0.05) is 4.88 Å². The van der Waals surface area contributed by atoms with E-state index in [4.69, 9.17) is 9.26 Å². The SMILES string of the molecule is O=C(Oc1ccccc1-c1nc(/C=C/c2cccs2)no1)c1ccccc1. The number of benzene rings is 2. The van der Waals surface area contributed by atoms with Crippen LogP contribution in [0.4, 0.5) is 0 Å². The van der Waals surface area contributed by atoms with Gasteiger partial charge in [0.25, 0.3) is 5.89 Å². The van der Waals surface area contributed by atoms with Gasteiger partial charge >= 0.3 is 5.97 Å². The number of nitrogens with zero attached hydrogens (tertiary/aromatic N) is 2. The smallest absolute Gasteiger partial charge is 0.343 e. The van der Waals surface area contributed by atoms with E-state index in [1.807, 2.05) is 35.7 Å². The van der Waals surface area contributed by atoms with Gasteiger partial charge in [0.05, 0.1) is 11.1 Å². The van der Waals surface area contributed by atoms with Gasteiger partial charge < -0.3 is 9.26 Å². The predicted octanol–water partition coefficient (Wildman–Crippen LogP) is 5.19. The predicted molar refractivity (Wildman–Crippen MR) is 104 cm³/mol. The number of esters is 1. The van der Waals surface area contributed by atoms with Crippen molar-refractivity contribution in [2.45, 2.75) is 0 Å². The Bertz CT molecular complexity index is 1070. The molecule has 27 heavy (non-hydrogen) atoms. The number of para-hydroxylation sites is 1. The van der Waals surface area contributed by atoms with Crippen LogP contribution < -0.4 is 4.74 Å². The molecule has 0 aliphatic rings. The van der Waals surface area contributed by atoms with Crippen LogP contribution in [0.25, 0.3) is 23.6 Å². The largest absolute Gasteiger partial charge is 0.422 e. The fourth-order valence-corrected chi connectivity index (χ4v) is 3.04. The van der Waals surface area contributed by atoms with E-state index in [1.54, 1.807) is 59.9 Å². The quantitative estimate of drug-likeness (QED) is 0.355. The highest BCUT2D eigenvalue weighted by atomic mass is 32.1. The van der Waals surface area contributed by atoms with Crippen LogP contribution in [0.3, 0.4) is 0 Å². The number of hydrogen-bond acceptors (Lipinski definition) is 6. The summed E-state index contributed by atoms with van der Waals surface area (Å²) in [5.74, 6) is 0.657. The highest BCUT2D eigenvalue weighted by Gasteiger charge is 2.16. The van der Waals surface area contributed by atoms with Gasteiger partial charge in [0.15, 0.2) is 5.82 Å². The summed E-state index contributed by atoms with van der Waals surface area (Å²) in [7, 11) is 0. The molecule has 6 heteroatoms.